The molecule has 0 radical (unpaired) electrons. The Morgan fingerprint density at radius 1 is 0.848 bits per heavy atom. The van der Waals surface area contributed by atoms with E-state index in [0.717, 1.165) is 38.5 Å². The van der Waals surface area contributed by atoms with Crippen molar-refractivity contribution < 1.29 is 15.3 Å². The molecule has 0 saturated heterocycles. The van der Waals surface area contributed by atoms with Crippen LogP contribution in [0.2, 0.25) is 0 Å². The van der Waals surface area contributed by atoms with Crippen LogP contribution in [0.15, 0.2) is 11.6 Å². The largest absolute Gasteiger partial charge is 0.396 e. The first kappa shape index (κ1) is 24.3. The van der Waals surface area contributed by atoms with E-state index in [1.807, 2.05) is 0 Å². The normalized spacial score (nSPS) is 57.8. The Labute approximate surface area is 202 Å². The van der Waals surface area contributed by atoms with Crippen molar-refractivity contribution in [1.29, 1.82) is 0 Å². The molecule has 10 atom stereocenters. The van der Waals surface area contributed by atoms with Crippen molar-refractivity contribution in [2.24, 2.45) is 50.2 Å². The molecule has 4 fully saturated rings. The van der Waals surface area contributed by atoms with E-state index in [-0.39, 0.29) is 45.7 Å². The van der Waals surface area contributed by atoms with Gasteiger partial charge in [-0.05, 0) is 102 Å². The number of allylic oxidation sites excluding steroid dienone is 1. The molecule has 188 valence electrons. The summed E-state index contributed by atoms with van der Waals surface area (Å²) in [6.45, 7) is 17.1. The number of fused-ring (bicyclic) bond motifs is 7. The monoisotopic (exact) mass is 458 g/mol. The minimum absolute atomic E-state index is 0.000849. The molecule has 5 rings (SSSR count). The van der Waals surface area contributed by atoms with E-state index in [1.165, 1.54) is 24.8 Å². The first-order valence-electron chi connectivity index (χ1n) is 13.9. The summed E-state index contributed by atoms with van der Waals surface area (Å²) in [5, 5.41) is 33.0. The Morgan fingerprint density at radius 2 is 1.52 bits per heavy atom. The highest BCUT2D eigenvalue weighted by atomic mass is 16.3. The summed E-state index contributed by atoms with van der Waals surface area (Å²) in [7, 11) is 0. The van der Waals surface area contributed by atoms with Crippen molar-refractivity contribution >= 4 is 0 Å². The lowest BCUT2D eigenvalue weighted by molar-refractivity contribution is -0.224. The van der Waals surface area contributed by atoms with Crippen molar-refractivity contribution in [2.45, 2.75) is 118 Å². The van der Waals surface area contributed by atoms with Crippen molar-refractivity contribution in [3.63, 3.8) is 0 Å². The molecule has 5 aliphatic rings. The highest BCUT2D eigenvalue weighted by molar-refractivity contribution is 5.35. The average Bonchev–Trinajstić information content (AvgIpc) is 2.74. The molecule has 0 bridgehead atoms. The number of rotatable bonds is 1. The molecular formula is C30H50O3. The van der Waals surface area contributed by atoms with E-state index in [9.17, 15) is 15.3 Å². The third-order valence-corrected chi connectivity index (χ3v) is 13.2. The zero-order valence-corrected chi connectivity index (χ0v) is 22.4. The van der Waals surface area contributed by atoms with Gasteiger partial charge in [0.25, 0.3) is 0 Å². The van der Waals surface area contributed by atoms with Crippen molar-refractivity contribution in [2.75, 3.05) is 6.61 Å². The lowest BCUT2D eigenvalue weighted by Gasteiger charge is -2.72. The smallest absolute Gasteiger partial charge is 0.0762 e. The average molecular weight is 459 g/mol. The van der Waals surface area contributed by atoms with Crippen molar-refractivity contribution in [1.82, 2.24) is 0 Å². The van der Waals surface area contributed by atoms with Crippen LogP contribution in [0.25, 0.3) is 0 Å². The second-order valence-electron chi connectivity index (χ2n) is 15.2. The van der Waals surface area contributed by atoms with Crippen LogP contribution < -0.4 is 0 Å². The highest BCUT2D eigenvalue weighted by Crippen LogP contribution is 2.75. The standard InChI is InChI=1S/C30H50O3/c1-25(2)22-8-11-30(7)24(28(22,5)10-9-23(25)33)21(32)16-19-20-17-26(3,18-31)12-13-27(20,4)14-15-29(19,30)6/h16,20-24,31-33H,8-15,17-18H2,1-7H3/t20-,21?,22+,23+,24?,26+,27-,28+,29+,30-/m1/s1. The Balaban J connectivity index is 1.61. The molecule has 5 aliphatic carbocycles. The van der Waals surface area contributed by atoms with Crippen LogP contribution in [0.1, 0.15) is 106 Å². The second-order valence-corrected chi connectivity index (χ2v) is 15.2. The number of aliphatic hydroxyl groups excluding tert-OH is 3. The molecule has 0 amide bonds. The lowest BCUT2D eigenvalue weighted by atomic mass is 9.33. The number of aliphatic hydroxyl groups is 3. The maximum absolute atomic E-state index is 11.9. The van der Waals surface area contributed by atoms with Crippen molar-refractivity contribution in [3.05, 3.63) is 11.6 Å². The molecule has 0 aromatic rings. The van der Waals surface area contributed by atoms with Crippen LogP contribution in [0, 0.1) is 50.2 Å². The fourth-order valence-corrected chi connectivity index (χ4v) is 10.7. The van der Waals surface area contributed by atoms with E-state index in [2.05, 4.69) is 54.5 Å². The molecular weight excluding hydrogens is 408 g/mol. The van der Waals surface area contributed by atoms with Crippen LogP contribution in [-0.4, -0.2) is 34.1 Å². The molecule has 3 heteroatoms. The maximum Gasteiger partial charge on any atom is 0.0762 e. The predicted octanol–water partition coefficient (Wildman–Crippen LogP) is 6.11. The van der Waals surface area contributed by atoms with Gasteiger partial charge in [0.1, 0.15) is 0 Å². The fraction of sp³-hybridized carbons (Fsp3) is 0.933. The molecule has 0 aromatic heterocycles. The molecule has 3 N–H and O–H groups in total. The Kier molecular flexibility index (Phi) is 5.23. The molecule has 4 saturated carbocycles. The first-order valence-corrected chi connectivity index (χ1v) is 13.9. The lowest BCUT2D eigenvalue weighted by Crippen LogP contribution is -2.67. The summed E-state index contributed by atoms with van der Waals surface area (Å²) in [5.41, 5.74) is 1.93. The highest BCUT2D eigenvalue weighted by Gasteiger charge is 2.69. The summed E-state index contributed by atoms with van der Waals surface area (Å²) in [5.74, 6) is 1.15. The third kappa shape index (κ3) is 2.97. The van der Waals surface area contributed by atoms with Gasteiger partial charge in [0, 0.05) is 12.5 Å². The summed E-state index contributed by atoms with van der Waals surface area (Å²) in [6.07, 6.45) is 11.6. The van der Waals surface area contributed by atoms with Crippen LogP contribution in [0.3, 0.4) is 0 Å². The summed E-state index contributed by atoms with van der Waals surface area (Å²) in [4.78, 5) is 0. The van der Waals surface area contributed by atoms with E-state index >= 15 is 0 Å². The molecule has 0 spiro atoms. The Morgan fingerprint density at radius 3 is 2.18 bits per heavy atom. The van der Waals surface area contributed by atoms with Gasteiger partial charge in [-0.2, -0.15) is 0 Å². The summed E-state index contributed by atoms with van der Waals surface area (Å²) < 4.78 is 0. The van der Waals surface area contributed by atoms with Crippen LogP contribution in [0.4, 0.5) is 0 Å². The van der Waals surface area contributed by atoms with Gasteiger partial charge in [-0.3, -0.25) is 0 Å². The van der Waals surface area contributed by atoms with Gasteiger partial charge in [0.2, 0.25) is 0 Å². The Bertz CT molecular complexity index is 847. The second kappa shape index (κ2) is 7.10. The minimum atomic E-state index is -0.415. The topological polar surface area (TPSA) is 60.7 Å². The Hall–Kier alpha value is -0.380. The van der Waals surface area contributed by atoms with Crippen LogP contribution >= 0.6 is 0 Å². The quantitative estimate of drug-likeness (QED) is 0.415. The summed E-state index contributed by atoms with van der Waals surface area (Å²) in [6, 6.07) is 0. The van der Waals surface area contributed by atoms with Gasteiger partial charge in [0.15, 0.2) is 0 Å². The summed E-state index contributed by atoms with van der Waals surface area (Å²) >= 11 is 0. The molecule has 0 aromatic carbocycles. The molecule has 33 heavy (non-hydrogen) atoms. The van der Waals surface area contributed by atoms with Crippen LogP contribution in [0.5, 0.6) is 0 Å². The zero-order valence-electron chi connectivity index (χ0n) is 22.4. The van der Waals surface area contributed by atoms with E-state index in [4.69, 9.17) is 0 Å². The minimum Gasteiger partial charge on any atom is -0.396 e. The van der Waals surface area contributed by atoms with E-state index in [1.54, 1.807) is 0 Å². The third-order valence-electron chi connectivity index (χ3n) is 13.2. The molecule has 2 unspecified atom stereocenters. The molecule has 3 nitrogen and oxygen atoms in total. The van der Waals surface area contributed by atoms with Crippen molar-refractivity contribution in [3.8, 4) is 0 Å². The predicted molar refractivity (Wildman–Crippen MR) is 134 cm³/mol. The van der Waals surface area contributed by atoms with Gasteiger partial charge in [-0.1, -0.05) is 60.1 Å². The maximum atomic E-state index is 11.9. The van der Waals surface area contributed by atoms with Gasteiger partial charge >= 0.3 is 0 Å². The first-order chi connectivity index (χ1) is 15.2. The molecule has 0 aliphatic heterocycles. The SMILES string of the molecule is CC1(C)[C@@H](O)CC[C@]2(C)C3C(O)C=C4[C@H]5C[C@@](C)(CO)CC[C@]5(C)CC[C@]4(C)[C@]3(C)CC[C@@H]12. The van der Waals surface area contributed by atoms with Gasteiger partial charge in [-0.25, -0.2) is 0 Å². The number of hydrogen-bond donors (Lipinski definition) is 3. The van der Waals surface area contributed by atoms with E-state index in [0.29, 0.717) is 17.3 Å². The molecule has 0 heterocycles. The van der Waals surface area contributed by atoms with Crippen LogP contribution in [-0.2, 0) is 0 Å². The number of hydrogen-bond acceptors (Lipinski definition) is 3. The zero-order chi connectivity index (χ0) is 24.2. The van der Waals surface area contributed by atoms with E-state index < -0.39 is 6.10 Å². The fourth-order valence-electron chi connectivity index (χ4n) is 10.7. The van der Waals surface area contributed by atoms with Gasteiger partial charge in [0.05, 0.1) is 12.2 Å². The van der Waals surface area contributed by atoms with Gasteiger partial charge < -0.3 is 15.3 Å². The van der Waals surface area contributed by atoms with Gasteiger partial charge in [-0.15, -0.1) is 0 Å².